The second-order valence-corrected chi connectivity index (χ2v) is 3.65. The van der Waals surface area contributed by atoms with E-state index in [0.717, 1.165) is 16.6 Å². The number of ketones is 1. The third-order valence-electron chi connectivity index (χ3n) is 2.03. The number of carbonyl (C=O) groups excluding carboxylic acids is 1. The number of benzene rings is 1. The zero-order valence-electron chi connectivity index (χ0n) is 7.67. The molecule has 1 N–H and O–H groups in total. The van der Waals surface area contributed by atoms with Crippen molar-refractivity contribution in [1.29, 1.82) is 0 Å². The molecule has 0 fully saturated rings. The van der Waals surface area contributed by atoms with E-state index in [1.54, 1.807) is 19.3 Å². The minimum Gasteiger partial charge on any atom is -0.345 e. The van der Waals surface area contributed by atoms with Crippen molar-refractivity contribution in [3.8, 4) is 0 Å². The van der Waals surface area contributed by atoms with Crippen LogP contribution in [0.15, 0.2) is 18.5 Å². The number of rotatable bonds is 2. The van der Waals surface area contributed by atoms with Crippen LogP contribution in [0.1, 0.15) is 12.5 Å². The third-order valence-corrected chi connectivity index (χ3v) is 2.38. The van der Waals surface area contributed by atoms with Gasteiger partial charge < -0.3 is 4.98 Å². The first kappa shape index (κ1) is 9.21. The third kappa shape index (κ3) is 1.63. The normalized spacial score (nSPS) is 10.7. The molecule has 0 amide bonds. The van der Waals surface area contributed by atoms with Crippen molar-refractivity contribution in [1.82, 2.24) is 9.97 Å². The molecule has 2 aromatic rings. The molecule has 0 saturated carbocycles. The van der Waals surface area contributed by atoms with Crippen molar-refractivity contribution < 1.29 is 4.79 Å². The number of Topliss-reactive ketones (excluding diaryl/α,β-unsaturated/α-hetero) is 1. The highest BCUT2D eigenvalue weighted by Gasteiger charge is 2.06. The quantitative estimate of drug-likeness (QED) is 0.824. The first-order valence-corrected chi connectivity index (χ1v) is 4.65. The molecule has 0 aliphatic rings. The van der Waals surface area contributed by atoms with Gasteiger partial charge in [-0.2, -0.15) is 0 Å². The Morgan fingerprint density at radius 2 is 2.36 bits per heavy atom. The van der Waals surface area contributed by atoms with Gasteiger partial charge in [-0.1, -0.05) is 11.6 Å². The van der Waals surface area contributed by atoms with E-state index in [1.807, 2.05) is 6.07 Å². The van der Waals surface area contributed by atoms with Crippen LogP contribution in [-0.2, 0) is 11.2 Å². The molecule has 0 atom stereocenters. The number of imidazole rings is 1. The zero-order chi connectivity index (χ0) is 10.1. The van der Waals surface area contributed by atoms with Crippen LogP contribution in [0.3, 0.4) is 0 Å². The summed E-state index contributed by atoms with van der Waals surface area (Å²) in [7, 11) is 0. The molecule has 4 heteroatoms. The van der Waals surface area contributed by atoms with Gasteiger partial charge in [-0.25, -0.2) is 4.98 Å². The lowest BCUT2D eigenvalue weighted by Crippen LogP contribution is -1.96. The Morgan fingerprint density at radius 3 is 3.07 bits per heavy atom. The van der Waals surface area contributed by atoms with E-state index in [0.29, 0.717) is 11.4 Å². The highest BCUT2D eigenvalue weighted by Crippen LogP contribution is 2.22. The lowest BCUT2D eigenvalue weighted by Gasteiger charge is -2.01. The van der Waals surface area contributed by atoms with E-state index in [4.69, 9.17) is 11.6 Å². The average Bonchev–Trinajstić information content (AvgIpc) is 2.51. The van der Waals surface area contributed by atoms with Gasteiger partial charge in [-0.15, -0.1) is 0 Å². The summed E-state index contributed by atoms with van der Waals surface area (Å²) in [5, 5.41) is 0.597. The molecule has 0 aliphatic carbocycles. The first-order valence-electron chi connectivity index (χ1n) is 4.28. The van der Waals surface area contributed by atoms with Crippen LogP contribution in [0.2, 0.25) is 5.02 Å². The summed E-state index contributed by atoms with van der Waals surface area (Å²) in [5.74, 6) is 0.103. The number of halogens is 1. The lowest BCUT2D eigenvalue weighted by molar-refractivity contribution is -0.116. The molecule has 1 aromatic heterocycles. The Hall–Kier alpha value is -1.35. The molecule has 0 bridgehead atoms. The molecule has 0 aliphatic heterocycles. The fraction of sp³-hybridized carbons (Fsp3) is 0.200. The van der Waals surface area contributed by atoms with E-state index in [2.05, 4.69) is 9.97 Å². The van der Waals surface area contributed by atoms with Crippen molar-refractivity contribution in [3.05, 3.63) is 29.0 Å². The van der Waals surface area contributed by atoms with Crippen LogP contribution >= 0.6 is 11.6 Å². The Balaban J connectivity index is 2.53. The summed E-state index contributed by atoms with van der Waals surface area (Å²) in [4.78, 5) is 18.0. The molecule has 0 radical (unpaired) electrons. The van der Waals surface area contributed by atoms with Crippen LogP contribution in [-0.4, -0.2) is 15.8 Å². The predicted octanol–water partition coefficient (Wildman–Crippen LogP) is 2.35. The van der Waals surface area contributed by atoms with Crippen molar-refractivity contribution in [3.63, 3.8) is 0 Å². The van der Waals surface area contributed by atoms with Crippen molar-refractivity contribution >= 4 is 28.4 Å². The summed E-state index contributed by atoms with van der Waals surface area (Å²) < 4.78 is 0. The zero-order valence-corrected chi connectivity index (χ0v) is 8.43. The van der Waals surface area contributed by atoms with E-state index < -0.39 is 0 Å². The van der Waals surface area contributed by atoms with Gasteiger partial charge in [0.15, 0.2) is 0 Å². The number of nitrogens with one attached hydrogen (secondary N) is 1. The molecule has 1 heterocycles. The average molecular weight is 209 g/mol. The molecule has 14 heavy (non-hydrogen) atoms. The Bertz CT molecular complexity index is 490. The SMILES string of the molecule is CC(=O)Cc1cc2[nH]cnc2cc1Cl. The highest BCUT2D eigenvalue weighted by molar-refractivity contribution is 6.32. The molecule has 3 nitrogen and oxygen atoms in total. The number of nitrogens with zero attached hydrogens (tertiary/aromatic N) is 1. The Morgan fingerprint density at radius 1 is 1.57 bits per heavy atom. The van der Waals surface area contributed by atoms with Gasteiger partial charge in [0, 0.05) is 11.4 Å². The van der Waals surface area contributed by atoms with Crippen LogP contribution in [0.4, 0.5) is 0 Å². The van der Waals surface area contributed by atoms with E-state index in [-0.39, 0.29) is 5.78 Å². The summed E-state index contributed by atoms with van der Waals surface area (Å²) >= 11 is 6.00. The molecule has 2 rings (SSSR count). The van der Waals surface area contributed by atoms with Crippen molar-refractivity contribution in [2.24, 2.45) is 0 Å². The summed E-state index contributed by atoms with van der Waals surface area (Å²) in [6.45, 7) is 1.55. The molecule has 0 spiro atoms. The largest absolute Gasteiger partial charge is 0.345 e. The molecule has 72 valence electrons. The second-order valence-electron chi connectivity index (χ2n) is 3.24. The topological polar surface area (TPSA) is 45.8 Å². The Kier molecular flexibility index (Phi) is 2.25. The van der Waals surface area contributed by atoms with E-state index in [1.165, 1.54) is 0 Å². The van der Waals surface area contributed by atoms with Crippen molar-refractivity contribution in [2.75, 3.05) is 0 Å². The van der Waals surface area contributed by atoms with Gasteiger partial charge in [-0.3, -0.25) is 4.79 Å². The monoisotopic (exact) mass is 208 g/mol. The molecular formula is C10H9ClN2O. The highest BCUT2D eigenvalue weighted by atomic mass is 35.5. The van der Waals surface area contributed by atoms with Gasteiger partial charge in [0.25, 0.3) is 0 Å². The van der Waals surface area contributed by atoms with Gasteiger partial charge in [0.1, 0.15) is 5.78 Å². The number of aromatic nitrogens is 2. The summed E-state index contributed by atoms with van der Waals surface area (Å²) in [6.07, 6.45) is 1.98. The number of fused-ring (bicyclic) bond motifs is 1. The molecular weight excluding hydrogens is 200 g/mol. The van der Waals surface area contributed by atoms with Crippen molar-refractivity contribution in [2.45, 2.75) is 13.3 Å². The predicted molar refractivity (Wildman–Crippen MR) is 55.5 cm³/mol. The second kappa shape index (κ2) is 3.42. The number of H-pyrrole nitrogens is 1. The van der Waals surface area contributed by atoms with E-state index in [9.17, 15) is 4.79 Å². The van der Waals surface area contributed by atoms with Crippen LogP contribution in [0.5, 0.6) is 0 Å². The number of hydrogen-bond acceptors (Lipinski definition) is 2. The van der Waals surface area contributed by atoms with Gasteiger partial charge in [-0.05, 0) is 24.6 Å². The Labute approximate surface area is 86.1 Å². The van der Waals surface area contributed by atoms with Crippen LogP contribution < -0.4 is 0 Å². The maximum Gasteiger partial charge on any atom is 0.134 e. The van der Waals surface area contributed by atoms with Crippen LogP contribution in [0.25, 0.3) is 11.0 Å². The minimum atomic E-state index is 0.103. The van der Waals surface area contributed by atoms with Crippen LogP contribution in [0, 0.1) is 0 Å². The summed E-state index contributed by atoms with van der Waals surface area (Å²) in [5.41, 5.74) is 2.57. The summed E-state index contributed by atoms with van der Waals surface area (Å²) in [6, 6.07) is 3.64. The standard InChI is InChI=1S/C10H9ClN2O/c1-6(14)2-7-3-9-10(4-8(7)11)13-5-12-9/h3-5H,2H2,1H3,(H,12,13). The maximum atomic E-state index is 11.0. The number of aromatic amines is 1. The smallest absolute Gasteiger partial charge is 0.134 e. The molecule has 0 saturated heterocycles. The molecule has 0 unspecified atom stereocenters. The maximum absolute atomic E-state index is 11.0. The first-order chi connectivity index (χ1) is 6.66. The fourth-order valence-corrected chi connectivity index (χ4v) is 1.63. The number of carbonyl (C=O) groups is 1. The number of hydrogen-bond donors (Lipinski definition) is 1. The van der Waals surface area contributed by atoms with Gasteiger partial charge >= 0.3 is 0 Å². The van der Waals surface area contributed by atoms with E-state index >= 15 is 0 Å². The lowest BCUT2D eigenvalue weighted by atomic mass is 10.1. The molecule has 1 aromatic carbocycles. The van der Waals surface area contributed by atoms with Gasteiger partial charge in [0.2, 0.25) is 0 Å². The fourth-order valence-electron chi connectivity index (χ4n) is 1.41. The van der Waals surface area contributed by atoms with Gasteiger partial charge in [0.05, 0.1) is 17.4 Å². The minimum absolute atomic E-state index is 0.103.